The third kappa shape index (κ3) is 3.26. The zero-order valence-corrected chi connectivity index (χ0v) is 12.4. The molecule has 0 aliphatic heterocycles. The van der Waals surface area contributed by atoms with Gasteiger partial charge in [0.2, 0.25) is 0 Å². The van der Waals surface area contributed by atoms with Crippen LogP contribution in [0, 0.1) is 0 Å². The summed E-state index contributed by atoms with van der Waals surface area (Å²) in [5.74, 6) is 0.0735. The molecule has 1 heterocycles. The summed E-state index contributed by atoms with van der Waals surface area (Å²) in [5.41, 5.74) is 1.05. The summed E-state index contributed by atoms with van der Waals surface area (Å²) >= 11 is 0. The van der Waals surface area contributed by atoms with E-state index in [9.17, 15) is 15.0 Å². The standard InChI is InChI=1S/C15H18N2O5/c1-21-11-5-3-10(4-6-11)13(19)7-17-9-16-14(12(17)8-18)15(20)22-2/h3-6,9,13,18-19H,7-8H2,1-2H3. The van der Waals surface area contributed by atoms with Crippen LogP contribution < -0.4 is 4.74 Å². The Labute approximate surface area is 127 Å². The number of carbonyl (C=O) groups is 1. The SMILES string of the molecule is COC(=O)c1ncn(CC(O)c2ccc(OC)cc2)c1CO. The molecule has 0 aliphatic rings. The molecule has 0 saturated carbocycles. The van der Waals surface area contributed by atoms with Crippen molar-refractivity contribution in [3.63, 3.8) is 0 Å². The third-order valence-corrected chi connectivity index (χ3v) is 3.34. The van der Waals surface area contributed by atoms with Gasteiger partial charge in [0.15, 0.2) is 5.69 Å². The predicted molar refractivity (Wildman–Crippen MR) is 77.4 cm³/mol. The van der Waals surface area contributed by atoms with Crippen LogP contribution in [0.25, 0.3) is 0 Å². The molecule has 7 heteroatoms. The average Bonchev–Trinajstić information content (AvgIpc) is 2.96. The van der Waals surface area contributed by atoms with E-state index in [0.29, 0.717) is 17.0 Å². The number of hydrogen-bond donors (Lipinski definition) is 2. The lowest BCUT2D eigenvalue weighted by molar-refractivity contribution is 0.0589. The molecule has 0 spiro atoms. The van der Waals surface area contributed by atoms with Crippen molar-refractivity contribution in [2.24, 2.45) is 0 Å². The number of aliphatic hydroxyl groups excluding tert-OH is 2. The first-order chi connectivity index (χ1) is 10.6. The zero-order chi connectivity index (χ0) is 16.1. The van der Waals surface area contributed by atoms with E-state index in [2.05, 4.69) is 9.72 Å². The van der Waals surface area contributed by atoms with Gasteiger partial charge < -0.3 is 24.3 Å². The number of aromatic nitrogens is 2. The predicted octanol–water partition coefficient (Wildman–Crippen LogP) is 0.904. The molecule has 118 valence electrons. The van der Waals surface area contributed by atoms with Crippen molar-refractivity contribution >= 4 is 5.97 Å². The van der Waals surface area contributed by atoms with Gasteiger partial charge in [-0.15, -0.1) is 0 Å². The highest BCUT2D eigenvalue weighted by Crippen LogP contribution is 2.20. The van der Waals surface area contributed by atoms with Crippen molar-refractivity contribution < 1.29 is 24.5 Å². The average molecular weight is 306 g/mol. The van der Waals surface area contributed by atoms with Gasteiger partial charge >= 0.3 is 5.97 Å². The van der Waals surface area contributed by atoms with Crippen LogP contribution in [0.5, 0.6) is 5.75 Å². The topological polar surface area (TPSA) is 93.8 Å². The van der Waals surface area contributed by atoms with Crippen LogP contribution in [-0.2, 0) is 17.9 Å². The van der Waals surface area contributed by atoms with Crippen LogP contribution in [0.1, 0.15) is 27.8 Å². The van der Waals surface area contributed by atoms with Gasteiger partial charge in [0.1, 0.15) is 5.75 Å². The van der Waals surface area contributed by atoms with Gasteiger partial charge in [0, 0.05) is 0 Å². The van der Waals surface area contributed by atoms with Gasteiger partial charge in [-0.05, 0) is 17.7 Å². The molecule has 1 aromatic heterocycles. The van der Waals surface area contributed by atoms with Gasteiger partial charge in [-0.1, -0.05) is 12.1 Å². The van der Waals surface area contributed by atoms with Gasteiger partial charge in [0.25, 0.3) is 0 Å². The van der Waals surface area contributed by atoms with E-state index in [1.807, 2.05) is 0 Å². The molecule has 1 atom stereocenters. The smallest absolute Gasteiger partial charge is 0.358 e. The largest absolute Gasteiger partial charge is 0.497 e. The number of methoxy groups -OCH3 is 2. The van der Waals surface area contributed by atoms with Crippen molar-refractivity contribution in [2.75, 3.05) is 14.2 Å². The van der Waals surface area contributed by atoms with Crippen LogP contribution in [0.15, 0.2) is 30.6 Å². The molecule has 22 heavy (non-hydrogen) atoms. The summed E-state index contributed by atoms with van der Waals surface area (Å²) < 4.78 is 11.2. The number of nitrogens with zero attached hydrogens (tertiary/aromatic N) is 2. The molecule has 0 saturated heterocycles. The second-order valence-electron chi connectivity index (χ2n) is 4.63. The molecule has 2 aromatic rings. The van der Waals surface area contributed by atoms with E-state index in [1.54, 1.807) is 31.4 Å². The lowest BCUT2D eigenvalue weighted by atomic mass is 10.1. The lowest BCUT2D eigenvalue weighted by Crippen LogP contribution is -2.13. The Hall–Kier alpha value is -2.38. The maximum absolute atomic E-state index is 11.5. The quantitative estimate of drug-likeness (QED) is 0.770. The van der Waals surface area contributed by atoms with E-state index in [1.165, 1.54) is 18.0 Å². The first kappa shape index (κ1) is 16.0. The van der Waals surface area contributed by atoms with Crippen molar-refractivity contribution in [3.05, 3.63) is 47.5 Å². The monoisotopic (exact) mass is 306 g/mol. The van der Waals surface area contributed by atoms with Gasteiger partial charge in [-0.2, -0.15) is 0 Å². The second kappa shape index (κ2) is 7.06. The summed E-state index contributed by atoms with van der Waals surface area (Å²) in [6.45, 7) is -0.216. The van der Waals surface area contributed by atoms with Crippen LogP contribution in [0.2, 0.25) is 0 Å². The molecule has 0 fully saturated rings. The number of aliphatic hydroxyl groups is 2. The molecule has 2 N–H and O–H groups in total. The Morgan fingerprint density at radius 2 is 2.00 bits per heavy atom. The number of benzene rings is 1. The second-order valence-corrected chi connectivity index (χ2v) is 4.63. The Balaban J connectivity index is 2.18. The molecule has 7 nitrogen and oxygen atoms in total. The highest BCUT2D eigenvalue weighted by Gasteiger charge is 2.19. The van der Waals surface area contributed by atoms with Gasteiger partial charge in [-0.25, -0.2) is 9.78 Å². The first-order valence-electron chi connectivity index (χ1n) is 6.65. The molecule has 0 radical (unpaired) electrons. The summed E-state index contributed by atoms with van der Waals surface area (Å²) in [5, 5.41) is 19.7. The van der Waals surface area contributed by atoms with Crippen LogP contribution in [0.3, 0.4) is 0 Å². The van der Waals surface area contributed by atoms with Crippen molar-refractivity contribution in [3.8, 4) is 5.75 Å². The van der Waals surface area contributed by atoms with E-state index in [0.717, 1.165) is 0 Å². The highest BCUT2D eigenvalue weighted by atomic mass is 16.5. The fourth-order valence-corrected chi connectivity index (χ4v) is 2.12. The minimum Gasteiger partial charge on any atom is -0.497 e. The molecule has 0 aliphatic carbocycles. The molecular weight excluding hydrogens is 288 g/mol. The van der Waals surface area contributed by atoms with E-state index < -0.39 is 12.1 Å². The number of imidazole rings is 1. The summed E-state index contributed by atoms with van der Waals surface area (Å²) in [6.07, 6.45) is 0.584. The number of ether oxygens (including phenoxy) is 2. The minimum absolute atomic E-state index is 0.0481. The minimum atomic E-state index is -0.809. The first-order valence-corrected chi connectivity index (χ1v) is 6.65. The number of esters is 1. The molecule has 0 bridgehead atoms. The van der Waals surface area contributed by atoms with Gasteiger partial charge in [-0.3, -0.25) is 0 Å². The van der Waals surface area contributed by atoms with Crippen molar-refractivity contribution in [2.45, 2.75) is 19.3 Å². The van der Waals surface area contributed by atoms with Gasteiger partial charge in [0.05, 0.1) is 45.5 Å². The van der Waals surface area contributed by atoms with Crippen molar-refractivity contribution in [1.82, 2.24) is 9.55 Å². The number of carbonyl (C=O) groups excluding carboxylic acids is 1. The maximum Gasteiger partial charge on any atom is 0.358 e. The molecule has 0 amide bonds. The Morgan fingerprint density at radius 1 is 1.32 bits per heavy atom. The molecule has 1 aromatic carbocycles. The Morgan fingerprint density at radius 3 is 2.55 bits per heavy atom. The number of hydrogen-bond acceptors (Lipinski definition) is 6. The fraction of sp³-hybridized carbons (Fsp3) is 0.333. The van der Waals surface area contributed by atoms with E-state index in [-0.39, 0.29) is 18.8 Å². The Bertz CT molecular complexity index is 636. The Kier molecular flexibility index (Phi) is 5.13. The molecule has 2 rings (SSSR count). The van der Waals surface area contributed by atoms with Crippen LogP contribution in [-0.4, -0.2) is 40.0 Å². The maximum atomic E-state index is 11.5. The number of rotatable bonds is 6. The summed E-state index contributed by atoms with van der Waals surface area (Å²) in [7, 11) is 2.81. The highest BCUT2D eigenvalue weighted by molar-refractivity contribution is 5.88. The third-order valence-electron chi connectivity index (χ3n) is 3.34. The lowest BCUT2D eigenvalue weighted by Gasteiger charge is -2.14. The van der Waals surface area contributed by atoms with Crippen molar-refractivity contribution in [1.29, 1.82) is 0 Å². The molecule has 1 unspecified atom stereocenters. The summed E-state index contributed by atoms with van der Waals surface area (Å²) in [6, 6.07) is 7.00. The zero-order valence-electron chi connectivity index (χ0n) is 12.4. The van der Waals surface area contributed by atoms with Crippen LogP contribution >= 0.6 is 0 Å². The van der Waals surface area contributed by atoms with Crippen LogP contribution in [0.4, 0.5) is 0 Å². The van der Waals surface area contributed by atoms with E-state index >= 15 is 0 Å². The normalized spacial score (nSPS) is 12.0. The fourth-order valence-electron chi connectivity index (χ4n) is 2.12. The summed E-state index contributed by atoms with van der Waals surface area (Å²) in [4.78, 5) is 15.5. The molecular formula is C15H18N2O5. The van der Waals surface area contributed by atoms with E-state index in [4.69, 9.17) is 4.74 Å².